The first-order valence-corrected chi connectivity index (χ1v) is 12.5. The van der Waals surface area contributed by atoms with Crippen molar-refractivity contribution in [1.29, 1.82) is 0 Å². The zero-order valence-corrected chi connectivity index (χ0v) is 20.7. The van der Waals surface area contributed by atoms with Gasteiger partial charge in [0, 0.05) is 0 Å². The lowest BCUT2D eigenvalue weighted by molar-refractivity contribution is -0.873. The van der Waals surface area contributed by atoms with E-state index in [0.717, 1.165) is 12.8 Å². The van der Waals surface area contributed by atoms with Gasteiger partial charge in [0.1, 0.15) is 6.54 Å². The Hall–Kier alpha value is -1.14. The molecule has 2 unspecified atom stereocenters. The van der Waals surface area contributed by atoms with Crippen molar-refractivity contribution in [3.63, 3.8) is 0 Å². The van der Waals surface area contributed by atoms with E-state index in [1.54, 1.807) is 0 Å². The van der Waals surface area contributed by atoms with Crippen LogP contribution in [0.4, 0.5) is 0 Å². The second-order valence-corrected chi connectivity index (χ2v) is 10.1. The zero-order valence-electron chi connectivity index (χ0n) is 20.7. The minimum absolute atomic E-state index is 0.0640. The lowest BCUT2D eigenvalue weighted by Gasteiger charge is -2.28. The molecule has 0 saturated heterocycles. The van der Waals surface area contributed by atoms with E-state index in [1.807, 2.05) is 21.1 Å². The number of hydrogen-bond donors (Lipinski definition) is 2. The number of aliphatic carboxylic acids is 1. The summed E-state index contributed by atoms with van der Waals surface area (Å²) in [6.07, 6.45) is 15.5. The fourth-order valence-corrected chi connectivity index (χ4v) is 3.88. The number of unbranched alkanes of at least 4 members (excludes halogenated alkanes) is 12. The van der Waals surface area contributed by atoms with E-state index in [9.17, 15) is 14.7 Å². The van der Waals surface area contributed by atoms with Crippen molar-refractivity contribution >= 4 is 11.9 Å². The van der Waals surface area contributed by atoms with Crippen molar-refractivity contribution in [3.05, 3.63) is 0 Å². The molecular formula is C25H50NO5+. The number of nitrogens with zero attached hydrogens (tertiary/aromatic N) is 1. The monoisotopic (exact) mass is 444 g/mol. The van der Waals surface area contributed by atoms with Crippen molar-refractivity contribution in [2.24, 2.45) is 0 Å². The van der Waals surface area contributed by atoms with Crippen LogP contribution in [0.5, 0.6) is 0 Å². The average molecular weight is 445 g/mol. The fourth-order valence-electron chi connectivity index (χ4n) is 3.88. The number of esters is 1. The molecule has 0 bridgehead atoms. The van der Waals surface area contributed by atoms with Gasteiger partial charge in [0.2, 0.25) is 0 Å². The van der Waals surface area contributed by atoms with Crippen LogP contribution < -0.4 is 0 Å². The van der Waals surface area contributed by atoms with Gasteiger partial charge in [-0.2, -0.15) is 0 Å². The van der Waals surface area contributed by atoms with E-state index in [-0.39, 0.29) is 12.8 Å². The molecule has 184 valence electrons. The summed E-state index contributed by atoms with van der Waals surface area (Å²) in [5, 5.41) is 19.1. The van der Waals surface area contributed by atoms with Crippen LogP contribution >= 0.6 is 0 Å². The van der Waals surface area contributed by atoms with Gasteiger partial charge in [0.25, 0.3) is 0 Å². The SMILES string of the molecule is CCCCCCCCCCCCCCCC(O)CC(=O)OC(CC(=O)O)C[N+](C)(C)C. The Morgan fingerprint density at radius 2 is 1.23 bits per heavy atom. The fraction of sp³-hybridized carbons (Fsp3) is 0.920. The molecule has 0 fully saturated rings. The Morgan fingerprint density at radius 1 is 0.774 bits per heavy atom. The third-order valence-corrected chi connectivity index (χ3v) is 5.49. The molecule has 0 heterocycles. The Kier molecular flexibility index (Phi) is 17.8. The quantitative estimate of drug-likeness (QED) is 0.142. The smallest absolute Gasteiger partial charge is 0.308 e. The summed E-state index contributed by atoms with van der Waals surface area (Å²) in [7, 11) is 5.77. The van der Waals surface area contributed by atoms with Crippen LogP contribution in [-0.2, 0) is 14.3 Å². The first-order valence-electron chi connectivity index (χ1n) is 12.5. The van der Waals surface area contributed by atoms with Crippen LogP contribution in [0.25, 0.3) is 0 Å². The standard InChI is InChI=1S/C25H49NO5/c1-5-6-7-8-9-10-11-12-13-14-15-16-17-18-22(27)19-25(30)31-23(20-24(28)29)21-26(2,3)4/h22-23,27H,5-21H2,1-4H3/p+1. The zero-order chi connectivity index (χ0) is 23.5. The number of ether oxygens (including phenoxy) is 1. The molecule has 0 aromatic heterocycles. The van der Waals surface area contributed by atoms with Crippen LogP contribution in [0.3, 0.4) is 0 Å². The minimum atomic E-state index is -0.987. The van der Waals surface area contributed by atoms with Crippen molar-refractivity contribution in [2.45, 2.75) is 122 Å². The first kappa shape index (κ1) is 29.9. The largest absolute Gasteiger partial charge is 0.481 e. The van der Waals surface area contributed by atoms with Crippen molar-refractivity contribution < 1.29 is 29.0 Å². The maximum absolute atomic E-state index is 12.1. The van der Waals surface area contributed by atoms with E-state index in [2.05, 4.69) is 6.92 Å². The molecule has 0 aromatic carbocycles. The van der Waals surface area contributed by atoms with Crippen molar-refractivity contribution in [1.82, 2.24) is 0 Å². The van der Waals surface area contributed by atoms with Crippen LogP contribution in [-0.4, -0.2) is 66.5 Å². The number of aliphatic hydroxyl groups excluding tert-OH is 1. The highest BCUT2D eigenvalue weighted by Gasteiger charge is 2.25. The van der Waals surface area contributed by atoms with Gasteiger partial charge >= 0.3 is 11.9 Å². The maximum Gasteiger partial charge on any atom is 0.308 e. The summed E-state index contributed by atoms with van der Waals surface area (Å²) in [5.41, 5.74) is 0. The maximum atomic E-state index is 12.1. The van der Waals surface area contributed by atoms with Gasteiger partial charge in [-0.3, -0.25) is 9.59 Å². The molecule has 0 saturated carbocycles. The molecule has 6 heteroatoms. The van der Waals surface area contributed by atoms with Crippen LogP contribution in [0.1, 0.15) is 110 Å². The summed E-state index contributed by atoms with van der Waals surface area (Å²) in [5.74, 6) is -1.50. The summed E-state index contributed by atoms with van der Waals surface area (Å²) < 4.78 is 5.84. The average Bonchev–Trinajstić information content (AvgIpc) is 2.63. The summed E-state index contributed by atoms with van der Waals surface area (Å²) in [6.45, 7) is 2.68. The van der Waals surface area contributed by atoms with E-state index >= 15 is 0 Å². The number of hydrogen-bond acceptors (Lipinski definition) is 4. The first-order chi connectivity index (χ1) is 14.6. The molecule has 2 atom stereocenters. The van der Waals surface area contributed by atoms with E-state index in [1.165, 1.54) is 70.6 Å². The summed E-state index contributed by atoms with van der Waals surface area (Å²) in [6, 6.07) is 0. The van der Waals surface area contributed by atoms with Crippen LogP contribution in [0, 0.1) is 0 Å². The number of carboxylic acid groups (broad SMARTS) is 1. The number of rotatable bonds is 21. The highest BCUT2D eigenvalue weighted by Crippen LogP contribution is 2.15. The van der Waals surface area contributed by atoms with Crippen LogP contribution in [0.2, 0.25) is 0 Å². The number of carbonyl (C=O) groups is 2. The number of carboxylic acids is 1. The second-order valence-electron chi connectivity index (χ2n) is 10.1. The predicted octanol–water partition coefficient (Wildman–Crippen LogP) is 5.31. The lowest BCUT2D eigenvalue weighted by Crippen LogP contribution is -2.44. The Morgan fingerprint density at radius 3 is 1.65 bits per heavy atom. The van der Waals surface area contributed by atoms with Crippen molar-refractivity contribution in [3.8, 4) is 0 Å². The number of carbonyl (C=O) groups excluding carboxylic acids is 1. The Balaban J connectivity index is 3.74. The van der Waals surface area contributed by atoms with Crippen molar-refractivity contribution in [2.75, 3.05) is 27.7 Å². The number of quaternary nitrogens is 1. The third kappa shape index (κ3) is 21.9. The molecule has 2 N–H and O–H groups in total. The molecule has 0 aromatic rings. The lowest BCUT2D eigenvalue weighted by atomic mass is 10.0. The highest BCUT2D eigenvalue weighted by molar-refractivity contribution is 5.71. The van der Waals surface area contributed by atoms with E-state index in [4.69, 9.17) is 9.84 Å². The molecule has 0 spiro atoms. The normalized spacial score (nSPS) is 13.7. The molecule has 31 heavy (non-hydrogen) atoms. The minimum Gasteiger partial charge on any atom is -0.481 e. The molecular weight excluding hydrogens is 394 g/mol. The van der Waals surface area contributed by atoms with Gasteiger partial charge in [-0.1, -0.05) is 90.4 Å². The summed E-state index contributed by atoms with van der Waals surface area (Å²) >= 11 is 0. The molecule has 0 aliphatic carbocycles. The third-order valence-electron chi connectivity index (χ3n) is 5.49. The topological polar surface area (TPSA) is 83.8 Å². The van der Waals surface area contributed by atoms with Gasteiger partial charge in [-0.05, 0) is 6.42 Å². The molecule has 0 rings (SSSR count). The van der Waals surface area contributed by atoms with Gasteiger partial charge in [0.15, 0.2) is 6.10 Å². The van der Waals surface area contributed by atoms with Gasteiger partial charge in [-0.25, -0.2) is 0 Å². The molecule has 0 aliphatic rings. The molecule has 6 nitrogen and oxygen atoms in total. The van der Waals surface area contributed by atoms with Crippen LogP contribution in [0.15, 0.2) is 0 Å². The number of aliphatic hydroxyl groups is 1. The molecule has 0 aliphatic heterocycles. The second kappa shape index (κ2) is 18.4. The molecule has 0 amide bonds. The predicted molar refractivity (Wildman–Crippen MR) is 126 cm³/mol. The van der Waals surface area contributed by atoms with E-state index < -0.39 is 24.1 Å². The molecule has 0 radical (unpaired) electrons. The van der Waals surface area contributed by atoms with Gasteiger partial charge < -0.3 is 19.4 Å². The van der Waals surface area contributed by atoms with E-state index in [0.29, 0.717) is 17.4 Å². The highest BCUT2D eigenvalue weighted by atomic mass is 16.5. The van der Waals surface area contributed by atoms with Gasteiger partial charge in [-0.15, -0.1) is 0 Å². The van der Waals surface area contributed by atoms with Gasteiger partial charge in [0.05, 0.1) is 40.1 Å². The summed E-state index contributed by atoms with van der Waals surface area (Å²) in [4.78, 5) is 23.1. The Labute approximate surface area is 190 Å². The Bertz CT molecular complexity index is 461. The number of likely N-dealkylation sites (N-methyl/N-ethyl adjacent to an activating group) is 1.